The number of nitrogens with zero attached hydrogens (tertiary/aromatic N) is 2. The van der Waals surface area contributed by atoms with E-state index in [2.05, 4.69) is 22.0 Å². The van der Waals surface area contributed by atoms with Crippen LogP contribution in [0.1, 0.15) is 11.1 Å². The molecule has 0 bridgehead atoms. The van der Waals surface area contributed by atoms with Crippen molar-refractivity contribution in [3.63, 3.8) is 0 Å². The lowest BCUT2D eigenvalue weighted by atomic mass is 10.1. The van der Waals surface area contributed by atoms with Crippen LogP contribution in [0, 0.1) is 28.4 Å². The maximum absolute atomic E-state index is 11.0. The number of nitro benzene ring substituents is 1. The van der Waals surface area contributed by atoms with Gasteiger partial charge in [-0.25, -0.2) is 0 Å². The van der Waals surface area contributed by atoms with Gasteiger partial charge >= 0.3 is 5.69 Å². The standard InChI is InChI=1S/C14H9BrN2O3/c1-9-6-12(4-2-10(9)8-16)20-14-5-3-11(15)7-13(14)17(18)19/h2-7H,1H3. The predicted molar refractivity (Wildman–Crippen MR) is 76.8 cm³/mol. The first-order chi connectivity index (χ1) is 9.51. The highest BCUT2D eigenvalue weighted by molar-refractivity contribution is 9.10. The third-order valence-corrected chi connectivity index (χ3v) is 3.16. The summed E-state index contributed by atoms with van der Waals surface area (Å²) in [6.45, 7) is 1.78. The van der Waals surface area contributed by atoms with Crippen molar-refractivity contribution >= 4 is 21.6 Å². The number of ether oxygens (including phenoxy) is 1. The van der Waals surface area contributed by atoms with Crippen molar-refractivity contribution in [2.24, 2.45) is 0 Å². The first kappa shape index (κ1) is 14.0. The van der Waals surface area contributed by atoms with Gasteiger partial charge in [0.1, 0.15) is 5.75 Å². The molecule has 0 aliphatic carbocycles. The first-order valence-electron chi connectivity index (χ1n) is 5.64. The Morgan fingerprint density at radius 1 is 1.30 bits per heavy atom. The summed E-state index contributed by atoms with van der Waals surface area (Å²) in [5.41, 5.74) is 1.17. The van der Waals surface area contributed by atoms with Crippen molar-refractivity contribution in [3.8, 4) is 17.6 Å². The van der Waals surface area contributed by atoms with Crippen LogP contribution >= 0.6 is 15.9 Å². The molecule has 0 amide bonds. The van der Waals surface area contributed by atoms with Crippen molar-refractivity contribution in [3.05, 3.63) is 62.1 Å². The Labute approximate surface area is 123 Å². The van der Waals surface area contributed by atoms with Crippen LogP contribution in [-0.4, -0.2) is 4.92 Å². The van der Waals surface area contributed by atoms with Crippen molar-refractivity contribution < 1.29 is 9.66 Å². The van der Waals surface area contributed by atoms with Crippen molar-refractivity contribution in [1.29, 1.82) is 5.26 Å². The highest BCUT2D eigenvalue weighted by Gasteiger charge is 2.16. The van der Waals surface area contributed by atoms with Crippen molar-refractivity contribution in [1.82, 2.24) is 0 Å². The second kappa shape index (κ2) is 5.72. The molecule has 100 valence electrons. The van der Waals surface area contributed by atoms with Gasteiger partial charge in [-0.15, -0.1) is 0 Å². The van der Waals surface area contributed by atoms with Gasteiger partial charge in [0.2, 0.25) is 5.75 Å². The fourth-order valence-corrected chi connectivity index (χ4v) is 2.02. The third-order valence-electron chi connectivity index (χ3n) is 2.66. The van der Waals surface area contributed by atoms with Crippen LogP contribution < -0.4 is 4.74 Å². The van der Waals surface area contributed by atoms with Crippen LogP contribution in [0.15, 0.2) is 40.9 Å². The third kappa shape index (κ3) is 2.95. The maximum atomic E-state index is 11.0. The Kier molecular flexibility index (Phi) is 4.01. The molecule has 0 saturated carbocycles. The first-order valence-corrected chi connectivity index (χ1v) is 6.43. The molecule has 2 rings (SSSR count). The molecule has 0 N–H and O–H groups in total. The van der Waals surface area contributed by atoms with Crippen LogP contribution in [0.5, 0.6) is 11.5 Å². The van der Waals surface area contributed by atoms with Gasteiger partial charge in [-0.2, -0.15) is 5.26 Å². The summed E-state index contributed by atoms with van der Waals surface area (Å²) in [6, 6.07) is 11.5. The number of benzene rings is 2. The summed E-state index contributed by atoms with van der Waals surface area (Å²) in [6.07, 6.45) is 0. The number of aryl methyl sites for hydroxylation is 1. The maximum Gasteiger partial charge on any atom is 0.312 e. The zero-order chi connectivity index (χ0) is 14.7. The number of halogens is 1. The fraction of sp³-hybridized carbons (Fsp3) is 0.0714. The minimum atomic E-state index is -0.503. The number of hydrogen-bond donors (Lipinski definition) is 0. The summed E-state index contributed by atoms with van der Waals surface area (Å²) >= 11 is 3.18. The van der Waals surface area contributed by atoms with E-state index < -0.39 is 4.92 Å². The van der Waals surface area contributed by atoms with Crippen LogP contribution in [0.25, 0.3) is 0 Å². The molecule has 0 aliphatic heterocycles. The highest BCUT2D eigenvalue weighted by atomic mass is 79.9. The van der Waals surface area contributed by atoms with Crippen molar-refractivity contribution in [2.75, 3.05) is 0 Å². The predicted octanol–water partition coefficient (Wildman–Crippen LogP) is 4.33. The molecule has 6 heteroatoms. The molecular formula is C14H9BrN2O3. The molecule has 0 radical (unpaired) electrons. The zero-order valence-electron chi connectivity index (χ0n) is 10.5. The molecule has 0 atom stereocenters. The molecular weight excluding hydrogens is 324 g/mol. The van der Waals surface area contributed by atoms with Gasteiger partial charge < -0.3 is 4.74 Å². The average Bonchev–Trinajstić information content (AvgIpc) is 2.41. The summed E-state index contributed by atoms with van der Waals surface area (Å²) in [5, 5.41) is 19.9. The van der Waals surface area contributed by atoms with Gasteiger partial charge in [-0.3, -0.25) is 10.1 Å². The molecule has 0 fully saturated rings. The molecule has 2 aromatic rings. The molecule has 0 spiro atoms. The van der Waals surface area contributed by atoms with E-state index in [9.17, 15) is 10.1 Å². The molecule has 0 unspecified atom stereocenters. The van der Waals surface area contributed by atoms with E-state index in [4.69, 9.17) is 10.00 Å². The topological polar surface area (TPSA) is 76.2 Å². The summed E-state index contributed by atoms with van der Waals surface area (Å²) < 4.78 is 6.14. The van der Waals surface area contributed by atoms with Gasteiger partial charge in [0.25, 0.3) is 0 Å². The quantitative estimate of drug-likeness (QED) is 0.619. The number of nitro groups is 1. The van der Waals surface area contributed by atoms with E-state index in [1.807, 2.05) is 0 Å². The van der Waals surface area contributed by atoms with Crippen LogP contribution in [0.4, 0.5) is 5.69 Å². The molecule has 0 aliphatic rings. The number of nitriles is 1. The number of rotatable bonds is 3. The van der Waals surface area contributed by atoms with Gasteiger partial charge in [-0.05, 0) is 42.8 Å². The highest BCUT2D eigenvalue weighted by Crippen LogP contribution is 2.34. The zero-order valence-corrected chi connectivity index (χ0v) is 12.0. The summed E-state index contributed by atoms with van der Waals surface area (Å²) in [4.78, 5) is 10.5. The smallest absolute Gasteiger partial charge is 0.312 e. The van der Waals surface area contributed by atoms with E-state index in [0.29, 0.717) is 15.8 Å². The SMILES string of the molecule is Cc1cc(Oc2ccc(Br)cc2[N+](=O)[O-])ccc1C#N. The minimum absolute atomic E-state index is 0.124. The lowest BCUT2D eigenvalue weighted by molar-refractivity contribution is -0.385. The van der Waals surface area contributed by atoms with Crippen molar-refractivity contribution in [2.45, 2.75) is 6.92 Å². The van der Waals surface area contributed by atoms with E-state index in [1.165, 1.54) is 12.1 Å². The summed E-state index contributed by atoms with van der Waals surface area (Å²) in [5.74, 6) is 0.606. The van der Waals surface area contributed by atoms with Gasteiger partial charge in [0.15, 0.2) is 0 Å². The molecule has 2 aromatic carbocycles. The average molecular weight is 333 g/mol. The molecule has 0 aromatic heterocycles. The van der Waals surface area contributed by atoms with Crippen LogP contribution in [0.3, 0.4) is 0 Å². The molecule has 0 heterocycles. The Morgan fingerprint density at radius 3 is 2.65 bits per heavy atom. The monoisotopic (exact) mass is 332 g/mol. The normalized spacial score (nSPS) is 9.85. The lowest BCUT2D eigenvalue weighted by Gasteiger charge is -2.08. The Morgan fingerprint density at radius 2 is 2.05 bits per heavy atom. The molecule has 20 heavy (non-hydrogen) atoms. The van der Waals surface area contributed by atoms with Crippen LogP contribution in [0.2, 0.25) is 0 Å². The Balaban J connectivity index is 2.38. The summed E-state index contributed by atoms with van der Waals surface area (Å²) in [7, 11) is 0. The second-order valence-electron chi connectivity index (χ2n) is 4.06. The Bertz CT molecular complexity index is 723. The second-order valence-corrected chi connectivity index (χ2v) is 4.98. The number of hydrogen-bond acceptors (Lipinski definition) is 4. The van der Waals surface area contributed by atoms with E-state index in [0.717, 1.165) is 5.56 Å². The van der Waals surface area contributed by atoms with Gasteiger partial charge in [0.05, 0.1) is 16.6 Å². The molecule has 5 nitrogen and oxygen atoms in total. The fourth-order valence-electron chi connectivity index (χ4n) is 1.67. The van der Waals surface area contributed by atoms with Gasteiger partial charge in [0, 0.05) is 10.5 Å². The van der Waals surface area contributed by atoms with Gasteiger partial charge in [-0.1, -0.05) is 15.9 Å². The lowest BCUT2D eigenvalue weighted by Crippen LogP contribution is -1.94. The van der Waals surface area contributed by atoms with Crippen LogP contribution in [-0.2, 0) is 0 Å². The Hall–Kier alpha value is -2.39. The van der Waals surface area contributed by atoms with E-state index in [-0.39, 0.29) is 11.4 Å². The van der Waals surface area contributed by atoms with E-state index >= 15 is 0 Å². The molecule has 0 saturated heterocycles. The minimum Gasteiger partial charge on any atom is -0.450 e. The largest absolute Gasteiger partial charge is 0.450 e. The van der Waals surface area contributed by atoms with E-state index in [1.54, 1.807) is 31.2 Å².